The lowest BCUT2D eigenvalue weighted by molar-refractivity contribution is 0.190. The van der Waals surface area contributed by atoms with Gasteiger partial charge >= 0.3 is 0 Å². The molecular formula is C16H30N2S. The highest BCUT2D eigenvalue weighted by Crippen LogP contribution is 2.23. The normalized spacial score (nSPS) is 15.2. The minimum Gasteiger partial charge on any atom is -0.308 e. The van der Waals surface area contributed by atoms with Crippen LogP contribution in [-0.2, 0) is 0 Å². The lowest BCUT2D eigenvalue weighted by Gasteiger charge is -2.32. The average Bonchev–Trinajstić information content (AvgIpc) is 2.80. The van der Waals surface area contributed by atoms with Gasteiger partial charge in [0.2, 0.25) is 0 Å². The Kier molecular flexibility index (Phi) is 7.05. The molecule has 1 aromatic heterocycles. The van der Waals surface area contributed by atoms with Crippen molar-refractivity contribution in [3.63, 3.8) is 0 Å². The molecule has 110 valence electrons. The fraction of sp³-hybridized carbons (Fsp3) is 0.750. The molecule has 0 aromatic carbocycles. The topological polar surface area (TPSA) is 15.3 Å². The van der Waals surface area contributed by atoms with Crippen molar-refractivity contribution in [1.29, 1.82) is 0 Å². The van der Waals surface area contributed by atoms with Crippen LogP contribution in [0.25, 0.3) is 0 Å². The van der Waals surface area contributed by atoms with E-state index >= 15 is 0 Å². The molecule has 19 heavy (non-hydrogen) atoms. The first kappa shape index (κ1) is 16.7. The van der Waals surface area contributed by atoms with Gasteiger partial charge < -0.3 is 10.2 Å². The van der Waals surface area contributed by atoms with Gasteiger partial charge in [-0.15, -0.1) is 11.3 Å². The van der Waals surface area contributed by atoms with Gasteiger partial charge in [0.15, 0.2) is 0 Å². The third-order valence-electron chi connectivity index (χ3n) is 4.08. The van der Waals surface area contributed by atoms with E-state index in [-0.39, 0.29) is 0 Å². The van der Waals surface area contributed by atoms with E-state index in [0.29, 0.717) is 12.1 Å². The maximum atomic E-state index is 3.71. The van der Waals surface area contributed by atoms with Crippen LogP contribution >= 0.6 is 11.3 Å². The Bertz CT molecular complexity index is 355. The molecule has 1 rings (SSSR count). The van der Waals surface area contributed by atoms with Crippen molar-refractivity contribution in [1.82, 2.24) is 10.2 Å². The summed E-state index contributed by atoms with van der Waals surface area (Å²) in [5.74, 6) is 0.778. The molecule has 0 radical (unpaired) electrons. The summed E-state index contributed by atoms with van der Waals surface area (Å²) in [4.78, 5) is 5.21. The van der Waals surface area contributed by atoms with Crippen molar-refractivity contribution < 1.29 is 0 Å². The summed E-state index contributed by atoms with van der Waals surface area (Å²) in [7, 11) is 4.40. The summed E-state index contributed by atoms with van der Waals surface area (Å²) in [5.41, 5.74) is 0. The van der Waals surface area contributed by atoms with Gasteiger partial charge in [-0.25, -0.2) is 0 Å². The van der Waals surface area contributed by atoms with Crippen LogP contribution in [0.4, 0.5) is 0 Å². The molecule has 0 aliphatic rings. The molecule has 1 N–H and O–H groups in total. The number of hydrogen-bond acceptors (Lipinski definition) is 3. The summed E-state index contributed by atoms with van der Waals surface area (Å²) >= 11 is 1.90. The number of rotatable bonds is 8. The van der Waals surface area contributed by atoms with Crippen molar-refractivity contribution in [3.8, 4) is 0 Å². The molecule has 0 aliphatic carbocycles. The molecule has 1 heterocycles. The molecule has 1 aromatic rings. The van der Waals surface area contributed by atoms with Crippen LogP contribution in [0.1, 0.15) is 49.4 Å². The summed E-state index contributed by atoms with van der Waals surface area (Å²) in [6.07, 6.45) is 2.51. The molecule has 2 nitrogen and oxygen atoms in total. The zero-order chi connectivity index (χ0) is 14.4. The van der Waals surface area contributed by atoms with Gasteiger partial charge in [0.25, 0.3) is 0 Å². The quantitative estimate of drug-likeness (QED) is 0.773. The van der Waals surface area contributed by atoms with Gasteiger partial charge in [-0.2, -0.15) is 0 Å². The molecule has 2 unspecified atom stereocenters. The van der Waals surface area contributed by atoms with E-state index in [1.165, 1.54) is 22.6 Å². The van der Waals surface area contributed by atoms with Gasteiger partial charge in [-0.05, 0) is 46.0 Å². The highest BCUT2D eigenvalue weighted by molar-refractivity contribution is 7.12. The number of likely N-dealkylation sites (N-methyl/N-ethyl adjacent to an activating group) is 1. The average molecular weight is 282 g/mol. The van der Waals surface area contributed by atoms with Crippen LogP contribution in [0.2, 0.25) is 0 Å². The zero-order valence-electron chi connectivity index (χ0n) is 13.4. The van der Waals surface area contributed by atoms with Crippen LogP contribution in [-0.4, -0.2) is 31.6 Å². The van der Waals surface area contributed by atoms with Crippen LogP contribution in [0.5, 0.6) is 0 Å². The molecule has 0 spiro atoms. The number of nitrogens with one attached hydrogen (secondary N) is 1. The van der Waals surface area contributed by atoms with Gasteiger partial charge in [0, 0.05) is 28.4 Å². The van der Waals surface area contributed by atoms with E-state index in [2.05, 4.69) is 64.1 Å². The fourth-order valence-electron chi connectivity index (χ4n) is 2.69. The van der Waals surface area contributed by atoms with Gasteiger partial charge in [0.1, 0.15) is 0 Å². The third-order valence-corrected chi connectivity index (χ3v) is 5.26. The zero-order valence-corrected chi connectivity index (χ0v) is 14.2. The van der Waals surface area contributed by atoms with Crippen LogP contribution in [0, 0.1) is 12.8 Å². The fourth-order valence-corrected chi connectivity index (χ4v) is 3.59. The van der Waals surface area contributed by atoms with Crippen LogP contribution in [0.3, 0.4) is 0 Å². The van der Waals surface area contributed by atoms with Crippen molar-refractivity contribution in [2.24, 2.45) is 5.92 Å². The standard InChI is InChI=1S/C16H30N2S/c1-7-14(8-2)15(18(5)6)11-17-13(4)16-10-9-12(3)19-16/h9-10,13-15,17H,7-8,11H2,1-6H3. The molecule has 0 aliphatic heterocycles. The Morgan fingerprint density at radius 3 is 2.26 bits per heavy atom. The van der Waals surface area contributed by atoms with Gasteiger partial charge in [-0.3, -0.25) is 0 Å². The lowest BCUT2D eigenvalue weighted by atomic mass is 9.93. The summed E-state index contributed by atoms with van der Waals surface area (Å²) in [5, 5.41) is 3.71. The number of thiophene rings is 1. The van der Waals surface area contributed by atoms with E-state index < -0.39 is 0 Å². The van der Waals surface area contributed by atoms with E-state index in [0.717, 1.165) is 12.5 Å². The van der Waals surface area contributed by atoms with E-state index in [1.54, 1.807) is 0 Å². The number of nitrogens with zero attached hydrogens (tertiary/aromatic N) is 1. The molecule has 0 bridgehead atoms. The van der Waals surface area contributed by atoms with E-state index in [4.69, 9.17) is 0 Å². The molecule has 0 saturated heterocycles. The largest absolute Gasteiger partial charge is 0.308 e. The SMILES string of the molecule is CCC(CC)C(CNC(C)c1ccc(C)s1)N(C)C. The molecule has 3 heteroatoms. The van der Waals surface area contributed by atoms with Crippen molar-refractivity contribution >= 4 is 11.3 Å². The van der Waals surface area contributed by atoms with Crippen molar-refractivity contribution in [3.05, 3.63) is 21.9 Å². The first-order chi connectivity index (χ1) is 8.99. The summed E-state index contributed by atoms with van der Waals surface area (Å²) in [6.45, 7) is 10.1. The molecule has 2 atom stereocenters. The second-order valence-corrected chi connectivity index (χ2v) is 7.01. The molecule has 0 fully saturated rings. The predicted molar refractivity (Wildman–Crippen MR) is 87.0 cm³/mol. The number of aryl methyl sites for hydroxylation is 1. The second-order valence-electron chi connectivity index (χ2n) is 5.69. The van der Waals surface area contributed by atoms with Gasteiger partial charge in [-0.1, -0.05) is 26.7 Å². The minimum absolute atomic E-state index is 0.454. The van der Waals surface area contributed by atoms with Crippen LogP contribution in [0.15, 0.2) is 12.1 Å². The Balaban J connectivity index is 2.56. The lowest BCUT2D eigenvalue weighted by Crippen LogP contribution is -2.43. The molecular weight excluding hydrogens is 252 g/mol. The van der Waals surface area contributed by atoms with Crippen molar-refractivity contribution in [2.75, 3.05) is 20.6 Å². The highest BCUT2D eigenvalue weighted by Gasteiger charge is 2.21. The van der Waals surface area contributed by atoms with Crippen LogP contribution < -0.4 is 5.32 Å². The monoisotopic (exact) mass is 282 g/mol. The van der Waals surface area contributed by atoms with Crippen molar-refractivity contribution in [2.45, 2.75) is 52.6 Å². The first-order valence-electron chi connectivity index (χ1n) is 7.45. The molecule has 0 amide bonds. The van der Waals surface area contributed by atoms with E-state index in [1.807, 2.05) is 11.3 Å². The van der Waals surface area contributed by atoms with Gasteiger partial charge in [0.05, 0.1) is 0 Å². The predicted octanol–water partition coefficient (Wildman–Crippen LogP) is 4.07. The summed E-state index contributed by atoms with van der Waals surface area (Å²) < 4.78 is 0. The smallest absolute Gasteiger partial charge is 0.0386 e. The Hall–Kier alpha value is -0.380. The highest BCUT2D eigenvalue weighted by atomic mass is 32.1. The van der Waals surface area contributed by atoms with E-state index in [9.17, 15) is 0 Å². The first-order valence-corrected chi connectivity index (χ1v) is 8.27. The third kappa shape index (κ3) is 4.90. The number of hydrogen-bond donors (Lipinski definition) is 1. The minimum atomic E-state index is 0.454. The maximum Gasteiger partial charge on any atom is 0.0386 e. The second kappa shape index (κ2) is 8.03. The Morgan fingerprint density at radius 2 is 1.84 bits per heavy atom. The molecule has 0 saturated carbocycles. The Morgan fingerprint density at radius 1 is 1.21 bits per heavy atom. The Labute approximate surface area is 123 Å². The summed E-state index contributed by atoms with van der Waals surface area (Å²) in [6, 6.07) is 5.54. The maximum absolute atomic E-state index is 3.71.